The van der Waals surface area contributed by atoms with Crippen molar-refractivity contribution in [3.63, 3.8) is 0 Å². The van der Waals surface area contributed by atoms with E-state index in [0.29, 0.717) is 16.4 Å². The van der Waals surface area contributed by atoms with Crippen molar-refractivity contribution in [2.45, 2.75) is 6.42 Å². The molecule has 88 valence electrons. The lowest BCUT2D eigenvalue weighted by Gasteiger charge is -2.02. The minimum Gasteiger partial charge on any atom is -0.294 e. The van der Waals surface area contributed by atoms with Crippen LogP contribution in [0.2, 0.25) is 5.02 Å². The van der Waals surface area contributed by atoms with E-state index in [1.807, 2.05) is 0 Å². The van der Waals surface area contributed by atoms with Crippen LogP contribution in [0, 0.1) is 3.57 Å². The second-order valence-electron chi connectivity index (χ2n) is 3.42. The maximum atomic E-state index is 12.0. The quantitative estimate of drug-likeness (QED) is 0.618. The molecule has 0 radical (unpaired) electrons. The van der Waals surface area contributed by atoms with Crippen LogP contribution in [-0.2, 0) is 13.5 Å². The Balaban J connectivity index is 2.22. The Kier molecular flexibility index (Phi) is 3.72. The fourth-order valence-corrected chi connectivity index (χ4v) is 2.15. The standard InChI is InChI=1S/C10H8ClIN4O/c1-16-14-10(13-15-16)5-9(17)7-4-6(11)2-3-8(7)12/h2-4H,5H2,1H3. The molecule has 7 heteroatoms. The monoisotopic (exact) mass is 362 g/mol. The summed E-state index contributed by atoms with van der Waals surface area (Å²) in [7, 11) is 1.66. The average molecular weight is 363 g/mol. The summed E-state index contributed by atoms with van der Waals surface area (Å²) in [4.78, 5) is 13.3. The lowest BCUT2D eigenvalue weighted by Crippen LogP contribution is -2.07. The van der Waals surface area contributed by atoms with Crippen LogP contribution in [0.3, 0.4) is 0 Å². The summed E-state index contributed by atoms with van der Waals surface area (Å²) in [5.41, 5.74) is 0.588. The van der Waals surface area contributed by atoms with Crippen molar-refractivity contribution in [2.75, 3.05) is 0 Å². The Morgan fingerprint density at radius 2 is 2.29 bits per heavy atom. The van der Waals surface area contributed by atoms with Crippen molar-refractivity contribution in [1.82, 2.24) is 20.2 Å². The molecule has 0 unspecified atom stereocenters. The second kappa shape index (κ2) is 5.09. The van der Waals surface area contributed by atoms with Crippen molar-refractivity contribution < 1.29 is 4.79 Å². The van der Waals surface area contributed by atoms with Crippen LogP contribution in [0.5, 0.6) is 0 Å². The summed E-state index contributed by atoms with van der Waals surface area (Å²) in [6.45, 7) is 0. The molecule has 17 heavy (non-hydrogen) atoms. The number of nitrogens with zero attached hydrogens (tertiary/aromatic N) is 4. The molecule has 0 fully saturated rings. The molecular weight excluding hydrogens is 354 g/mol. The Hall–Kier alpha value is -1.02. The lowest BCUT2D eigenvalue weighted by atomic mass is 10.1. The molecule has 1 aromatic carbocycles. The first-order chi connectivity index (χ1) is 8.06. The first-order valence-electron chi connectivity index (χ1n) is 4.77. The number of aryl methyl sites for hydroxylation is 1. The Labute approximate surface area is 116 Å². The van der Waals surface area contributed by atoms with Gasteiger partial charge in [0.2, 0.25) is 0 Å². The summed E-state index contributed by atoms with van der Waals surface area (Å²) >= 11 is 7.96. The van der Waals surface area contributed by atoms with Crippen molar-refractivity contribution >= 4 is 40.0 Å². The molecule has 0 N–H and O–H groups in total. The number of benzene rings is 1. The number of Topliss-reactive ketones (excluding diaryl/α,β-unsaturated/α-hetero) is 1. The van der Waals surface area contributed by atoms with Crippen LogP contribution < -0.4 is 0 Å². The maximum Gasteiger partial charge on any atom is 0.182 e. The number of hydrogen-bond acceptors (Lipinski definition) is 4. The fourth-order valence-electron chi connectivity index (χ4n) is 1.34. The van der Waals surface area contributed by atoms with Gasteiger partial charge in [0, 0.05) is 14.2 Å². The van der Waals surface area contributed by atoms with Crippen LogP contribution in [0.4, 0.5) is 0 Å². The van der Waals surface area contributed by atoms with E-state index >= 15 is 0 Å². The number of carbonyl (C=O) groups excluding carboxylic acids is 1. The number of carbonyl (C=O) groups is 1. The Morgan fingerprint density at radius 3 is 2.94 bits per heavy atom. The van der Waals surface area contributed by atoms with Crippen molar-refractivity contribution in [1.29, 1.82) is 0 Å². The number of hydrogen-bond donors (Lipinski definition) is 0. The number of ketones is 1. The number of tetrazole rings is 1. The van der Waals surface area contributed by atoms with Crippen LogP contribution in [-0.4, -0.2) is 26.0 Å². The van der Waals surface area contributed by atoms with Gasteiger partial charge >= 0.3 is 0 Å². The highest BCUT2D eigenvalue weighted by molar-refractivity contribution is 14.1. The van der Waals surface area contributed by atoms with E-state index in [4.69, 9.17) is 11.6 Å². The molecule has 0 saturated carbocycles. The summed E-state index contributed by atoms with van der Waals surface area (Å²) in [5, 5.41) is 12.0. The van der Waals surface area contributed by atoms with E-state index in [-0.39, 0.29) is 12.2 Å². The molecule has 0 amide bonds. The highest BCUT2D eigenvalue weighted by atomic mass is 127. The molecule has 2 aromatic rings. The average Bonchev–Trinajstić information content (AvgIpc) is 2.67. The molecule has 1 heterocycles. The van der Waals surface area contributed by atoms with Gasteiger partial charge in [0.1, 0.15) is 0 Å². The molecule has 0 spiro atoms. The Morgan fingerprint density at radius 1 is 1.53 bits per heavy atom. The lowest BCUT2D eigenvalue weighted by molar-refractivity contribution is 0.0990. The van der Waals surface area contributed by atoms with E-state index < -0.39 is 0 Å². The first-order valence-corrected chi connectivity index (χ1v) is 6.23. The Bertz CT molecular complexity index is 569. The highest BCUT2D eigenvalue weighted by Gasteiger charge is 2.14. The van der Waals surface area contributed by atoms with Gasteiger partial charge in [-0.1, -0.05) is 11.6 Å². The van der Waals surface area contributed by atoms with Gasteiger partial charge in [0.05, 0.1) is 13.5 Å². The fraction of sp³-hybridized carbons (Fsp3) is 0.200. The minimum absolute atomic E-state index is 0.0649. The molecule has 1 aromatic heterocycles. The van der Waals surface area contributed by atoms with Gasteiger partial charge in [-0.3, -0.25) is 4.79 Å². The molecule has 0 aliphatic rings. The van der Waals surface area contributed by atoms with Crippen molar-refractivity contribution in [2.24, 2.45) is 7.05 Å². The maximum absolute atomic E-state index is 12.0. The van der Waals surface area contributed by atoms with Gasteiger partial charge in [-0.2, -0.15) is 4.80 Å². The van der Waals surface area contributed by atoms with Crippen molar-refractivity contribution in [3.8, 4) is 0 Å². The zero-order valence-electron chi connectivity index (χ0n) is 8.89. The number of halogens is 2. The third kappa shape index (κ3) is 3.01. The third-order valence-electron chi connectivity index (χ3n) is 2.10. The summed E-state index contributed by atoms with van der Waals surface area (Å²) < 4.78 is 0.862. The van der Waals surface area contributed by atoms with Gasteiger partial charge in [0.15, 0.2) is 11.6 Å². The largest absolute Gasteiger partial charge is 0.294 e. The smallest absolute Gasteiger partial charge is 0.182 e. The van der Waals surface area contributed by atoms with E-state index in [1.165, 1.54) is 4.80 Å². The van der Waals surface area contributed by atoms with E-state index in [1.54, 1.807) is 25.2 Å². The predicted octanol–water partition coefficient (Wildman–Crippen LogP) is 1.89. The van der Waals surface area contributed by atoms with Crippen LogP contribution in [0.15, 0.2) is 18.2 Å². The van der Waals surface area contributed by atoms with Gasteiger partial charge in [-0.15, -0.1) is 10.2 Å². The molecule has 0 aliphatic carbocycles. The van der Waals surface area contributed by atoms with Gasteiger partial charge < -0.3 is 0 Å². The van der Waals surface area contributed by atoms with E-state index in [0.717, 1.165) is 3.57 Å². The normalized spacial score (nSPS) is 10.5. The summed E-state index contributed by atoms with van der Waals surface area (Å²) in [6, 6.07) is 5.21. The molecule has 0 bridgehead atoms. The van der Waals surface area contributed by atoms with Gasteiger partial charge in [-0.05, 0) is 46.0 Å². The van der Waals surface area contributed by atoms with E-state index in [2.05, 4.69) is 38.0 Å². The minimum atomic E-state index is -0.0649. The van der Waals surface area contributed by atoms with Gasteiger partial charge in [0.25, 0.3) is 0 Å². The summed E-state index contributed by atoms with van der Waals surface area (Å²) in [6.07, 6.45) is 0.129. The SMILES string of the molecule is Cn1nnc(CC(=O)c2cc(Cl)ccc2I)n1. The molecule has 2 rings (SSSR count). The molecule has 5 nitrogen and oxygen atoms in total. The topological polar surface area (TPSA) is 60.7 Å². The zero-order valence-corrected chi connectivity index (χ0v) is 11.8. The third-order valence-corrected chi connectivity index (χ3v) is 3.27. The van der Waals surface area contributed by atoms with Gasteiger partial charge in [-0.25, -0.2) is 0 Å². The van der Waals surface area contributed by atoms with Crippen molar-refractivity contribution in [3.05, 3.63) is 38.2 Å². The van der Waals surface area contributed by atoms with E-state index in [9.17, 15) is 4.79 Å². The number of rotatable bonds is 3. The highest BCUT2D eigenvalue weighted by Crippen LogP contribution is 2.19. The molecule has 0 saturated heterocycles. The zero-order chi connectivity index (χ0) is 12.4. The van der Waals surface area contributed by atoms with Crippen LogP contribution >= 0.6 is 34.2 Å². The first kappa shape index (κ1) is 12.4. The summed E-state index contributed by atoms with van der Waals surface area (Å²) in [5.74, 6) is 0.346. The molecular formula is C10H8ClIN4O. The van der Waals surface area contributed by atoms with Crippen LogP contribution in [0.1, 0.15) is 16.2 Å². The second-order valence-corrected chi connectivity index (χ2v) is 5.02. The predicted molar refractivity (Wildman–Crippen MR) is 71.0 cm³/mol. The number of aromatic nitrogens is 4. The molecule has 0 atom stereocenters. The van der Waals surface area contributed by atoms with Crippen LogP contribution in [0.25, 0.3) is 0 Å². The molecule has 0 aliphatic heterocycles.